The molecule has 114 valence electrons. The molecule has 1 amide bonds. The van der Waals surface area contributed by atoms with E-state index >= 15 is 0 Å². The number of hydrogen-bond acceptors (Lipinski definition) is 4. The number of morpholine rings is 1. The number of hydrogen-bond donors (Lipinski definition) is 0. The van der Waals surface area contributed by atoms with E-state index < -0.39 is 6.09 Å². The molecule has 2 fully saturated rings. The van der Waals surface area contributed by atoms with E-state index in [0.717, 1.165) is 0 Å². The molecular weight excluding hydrogens is 275 g/mol. The van der Waals surface area contributed by atoms with Crippen molar-refractivity contribution in [3.05, 3.63) is 24.0 Å². The van der Waals surface area contributed by atoms with Gasteiger partial charge in [0, 0.05) is 25.6 Å². The topological polar surface area (TPSA) is 42.0 Å². The zero-order valence-corrected chi connectivity index (χ0v) is 12.0. The number of cyclic esters (lactones) is 1. The second-order valence-electron chi connectivity index (χ2n) is 5.53. The number of anilines is 2. The molecule has 0 saturated carbocycles. The third-order valence-corrected chi connectivity index (χ3v) is 3.80. The van der Waals surface area contributed by atoms with Gasteiger partial charge in [-0.15, -0.1) is 0 Å². The standard InChI is InChI=1S/C15H19FN2O3/c1-11-9-18(15(19)21-10-11)12-2-3-14(13(16)8-12)17-4-6-20-7-5-17/h2-3,8,11H,4-7,9-10H2,1H3/t11-/m0/s1. The largest absolute Gasteiger partial charge is 0.449 e. The minimum absolute atomic E-state index is 0.240. The summed E-state index contributed by atoms with van der Waals surface area (Å²) in [7, 11) is 0. The number of carbonyl (C=O) groups is 1. The van der Waals surface area contributed by atoms with E-state index in [-0.39, 0.29) is 11.7 Å². The lowest BCUT2D eigenvalue weighted by Crippen LogP contribution is -2.42. The van der Waals surface area contributed by atoms with Crippen LogP contribution in [0.4, 0.5) is 20.6 Å². The van der Waals surface area contributed by atoms with E-state index in [4.69, 9.17) is 9.47 Å². The van der Waals surface area contributed by atoms with Gasteiger partial charge < -0.3 is 14.4 Å². The monoisotopic (exact) mass is 294 g/mol. The van der Waals surface area contributed by atoms with Gasteiger partial charge in [0.05, 0.1) is 31.2 Å². The molecule has 0 unspecified atom stereocenters. The number of carbonyl (C=O) groups excluding carboxylic acids is 1. The fourth-order valence-corrected chi connectivity index (χ4v) is 2.67. The Kier molecular flexibility index (Phi) is 3.96. The van der Waals surface area contributed by atoms with Crippen LogP contribution in [-0.2, 0) is 9.47 Å². The minimum Gasteiger partial charge on any atom is -0.449 e. The molecule has 1 aromatic carbocycles. The first kappa shape index (κ1) is 14.1. The van der Waals surface area contributed by atoms with Gasteiger partial charge >= 0.3 is 6.09 Å². The average Bonchev–Trinajstić information content (AvgIpc) is 2.50. The van der Waals surface area contributed by atoms with Crippen LogP contribution in [0.3, 0.4) is 0 Å². The molecule has 0 N–H and O–H groups in total. The number of ether oxygens (including phenoxy) is 2. The normalized spacial score (nSPS) is 23.1. The molecule has 0 bridgehead atoms. The molecule has 5 nitrogen and oxygen atoms in total. The second-order valence-corrected chi connectivity index (χ2v) is 5.53. The van der Waals surface area contributed by atoms with Crippen LogP contribution in [0.25, 0.3) is 0 Å². The van der Waals surface area contributed by atoms with Gasteiger partial charge in [0.25, 0.3) is 0 Å². The molecule has 2 aliphatic heterocycles. The van der Waals surface area contributed by atoms with Crippen LogP contribution in [0.2, 0.25) is 0 Å². The van der Waals surface area contributed by atoms with E-state index in [1.54, 1.807) is 12.1 Å². The third-order valence-electron chi connectivity index (χ3n) is 3.80. The van der Waals surface area contributed by atoms with Crippen molar-refractivity contribution in [3.8, 4) is 0 Å². The Balaban J connectivity index is 1.81. The molecule has 0 spiro atoms. The second kappa shape index (κ2) is 5.89. The number of halogens is 1. The Morgan fingerprint density at radius 2 is 2.05 bits per heavy atom. The summed E-state index contributed by atoms with van der Waals surface area (Å²) < 4.78 is 24.7. The Labute approximate surface area is 123 Å². The first-order valence-electron chi connectivity index (χ1n) is 7.21. The molecule has 0 aliphatic carbocycles. The molecule has 3 rings (SSSR count). The smallest absolute Gasteiger partial charge is 0.414 e. The lowest BCUT2D eigenvalue weighted by Gasteiger charge is -2.32. The van der Waals surface area contributed by atoms with Gasteiger partial charge in [0.1, 0.15) is 5.82 Å². The Hall–Kier alpha value is -1.82. The molecule has 1 atom stereocenters. The van der Waals surface area contributed by atoms with Crippen molar-refractivity contribution < 1.29 is 18.7 Å². The molecular formula is C15H19FN2O3. The number of nitrogens with zero attached hydrogens (tertiary/aromatic N) is 2. The summed E-state index contributed by atoms with van der Waals surface area (Å²) in [5, 5.41) is 0. The first-order chi connectivity index (χ1) is 10.1. The van der Waals surface area contributed by atoms with Crippen molar-refractivity contribution in [1.82, 2.24) is 0 Å². The summed E-state index contributed by atoms with van der Waals surface area (Å²) in [5.74, 6) is -0.0786. The summed E-state index contributed by atoms with van der Waals surface area (Å²) in [6.45, 7) is 5.54. The molecule has 2 heterocycles. The zero-order chi connectivity index (χ0) is 14.8. The van der Waals surface area contributed by atoms with E-state index in [1.165, 1.54) is 11.0 Å². The summed E-state index contributed by atoms with van der Waals surface area (Å²) >= 11 is 0. The van der Waals surface area contributed by atoms with Crippen LogP contribution >= 0.6 is 0 Å². The number of rotatable bonds is 2. The van der Waals surface area contributed by atoms with Crippen molar-refractivity contribution >= 4 is 17.5 Å². The Bertz CT molecular complexity index is 532. The molecule has 2 saturated heterocycles. The highest BCUT2D eigenvalue weighted by Crippen LogP contribution is 2.27. The molecule has 6 heteroatoms. The maximum absolute atomic E-state index is 14.4. The van der Waals surface area contributed by atoms with Crippen LogP contribution in [-0.4, -0.2) is 45.5 Å². The predicted molar refractivity (Wildman–Crippen MR) is 77.3 cm³/mol. The first-order valence-corrected chi connectivity index (χ1v) is 7.21. The van der Waals surface area contributed by atoms with Crippen LogP contribution in [0, 0.1) is 11.7 Å². The average molecular weight is 294 g/mol. The maximum atomic E-state index is 14.4. The van der Waals surface area contributed by atoms with Gasteiger partial charge in [-0.05, 0) is 18.2 Å². The fraction of sp³-hybridized carbons (Fsp3) is 0.533. The van der Waals surface area contributed by atoms with E-state index in [1.807, 2.05) is 11.8 Å². The molecule has 2 aliphatic rings. The number of benzene rings is 1. The summed E-state index contributed by atoms with van der Waals surface area (Å²) in [6, 6.07) is 4.90. The fourth-order valence-electron chi connectivity index (χ4n) is 2.67. The van der Waals surface area contributed by atoms with Gasteiger partial charge in [-0.1, -0.05) is 6.92 Å². The van der Waals surface area contributed by atoms with Crippen molar-refractivity contribution in [2.75, 3.05) is 49.3 Å². The van der Waals surface area contributed by atoms with Gasteiger partial charge in [0.15, 0.2) is 0 Å². The Morgan fingerprint density at radius 3 is 2.76 bits per heavy atom. The molecule has 1 aromatic rings. The highest BCUT2D eigenvalue weighted by atomic mass is 19.1. The highest BCUT2D eigenvalue weighted by Gasteiger charge is 2.27. The van der Waals surface area contributed by atoms with E-state index in [0.29, 0.717) is 50.8 Å². The molecule has 21 heavy (non-hydrogen) atoms. The van der Waals surface area contributed by atoms with Crippen molar-refractivity contribution in [1.29, 1.82) is 0 Å². The van der Waals surface area contributed by atoms with Gasteiger partial charge in [-0.2, -0.15) is 0 Å². The number of amides is 1. The summed E-state index contributed by atoms with van der Waals surface area (Å²) in [4.78, 5) is 15.2. The lowest BCUT2D eigenvalue weighted by atomic mass is 10.1. The van der Waals surface area contributed by atoms with Crippen molar-refractivity contribution in [2.24, 2.45) is 5.92 Å². The molecule has 0 radical (unpaired) electrons. The van der Waals surface area contributed by atoms with Crippen LogP contribution in [0.15, 0.2) is 18.2 Å². The summed E-state index contributed by atoms with van der Waals surface area (Å²) in [5.41, 5.74) is 1.10. The van der Waals surface area contributed by atoms with Crippen LogP contribution in [0.5, 0.6) is 0 Å². The zero-order valence-electron chi connectivity index (χ0n) is 12.0. The third kappa shape index (κ3) is 2.95. The molecule has 0 aromatic heterocycles. The van der Waals surface area contributed by atoms with Gasteiger partial charge in [-0.3, -0.25) is 4.90 Å². The van der Waals surface area contributed by atoms with E-state index in [9.17, 15) is 9.18 Å². The minimum atomic E-state index is -0.411. The quantitative estimate of drug-likeness (QED) is 0.839. The Morgan fingerprint density at radius 1 is 1.29 bits per heavy atom. The van der Waals surface area contributed by atoms with Crippen molar-refractivity contribution in [2.45, 2.75) is 6.92 Å². The predicted octanol–water partition coefficient (Wildman–Crippen LogP) is 2.26. The maximum Gasteiger partial charge on any atom is 0.414 e. The van der Waals surface area contributed by atoms with Crippen LogP contribution in [0.1, 0.15) is 6.92 Å². The SMILES string of the molecule is C[C@@H]1COC(=O)N(c2ccc(N3CCOCC3)c(F)c2)C1. The van der Waals surface area contributed by atoms with Gasteiger partial charge in [-0.25, -0.2) is 9.18 Å². The van der Waals surface area contributed by atoms with Gasteiger partial charge in [0.2, 0.25) is 0 Å². The van der Waals surface area contributed by atoms with Crippen molar-refractivity contribution in [3.63, 3.8) is 0 Å². The van der Waals surface area contributed by atoms with E-state index in [2.05, 4.69) is 0 Å². The van der Waals surface area contributed by atoms with Crippen LogP contribution < -0.4 is 9.80 Å². The summed E-state index contributed by atoms with van der Waals surface area (Å²) in [6.07, 6.45) is -0.411. The highest BCUT2D eigenvalue weighted by molar-refractivity contribution is 5.88. The lowest BCUT2D eigenvalue weighted by molar-refractivity contribution is 0.119.